The fourth-order valence-electron chi connectivity index (χ4n) is 2.27. The fraction of sp³-hybridized carbons (Fsp3) is 0.462. The first-order valence-electron chi connectivity index (χ1n) is 6.17. The van der Waals surface area contributed by atoms with E-state index in [4.69, 9.17) is 16.3 Å². The number of rotatable bonds is 5. The Balaban J connectivity index is 2.04. The highest BCUT2D eigenvalue weighted by molar-refractivity contribution is 6.30. The molecule has 0 spiro atoms. The van der Waals surface area contributed by atoms with Gasteiger partial charge in [-0.25, -0.2) is 0 Å². The second-order valence-electron chi connectivity index (χ2n) is 4.61. The average Bonchev–Trinajstić information content (AvgIpc) is 2.89. The first kappa shape index (κ1) is 13.8. The molecule has 0 aromatic heterocycles. The van der Waals surface area contributed by atoms with Crippen LogP contribution in [0.2, 0.25) is 5.02 Å². The Labute approximate surface area is 115 Å². The van der Waals surface area contributed by atoms with Crippen LogP contribution in [0, 0.1) is 16.0 Å². The summed E-state index contributed by atoms with van der Waals surface area (Å²) < 4.78 is 5.28. The smallest absolute Gasteiger partial charge is 0.311 e. The van der Waals surface area contributed by atoms with Gasteiger partial charge in [-0.3, -0.25) is 14.9 Å². The molecule has 5 nitrogen and oxygen atoms in total. The Bertz CT molecular complexity index is 497. The number of ether oxygens (including phenoxy) is 1. The van der Waals surface area contributed by atoms with E-state index in [1.165, 1.54) is 18.2 Å². The van der Waals surface area contributed by atoms with Crippen molar-refractivity contribution in [2.24, 2.45) is 5.92 Å². The van der Waals surface area contributed by atoms with Crippen molar-refractivity contribution >= 4 is 23.1 Å². The molecule has 0 unspecified atom stereocenters. The van der Waals surface area contributed by atoms with Crippen LogP contribution in [0.25, 0.3) is 0 Å². The number of halogens is 1. The van der Waals surface area contributed by atoms with Gasteiger partial charge >= 0.3 is 5.69 Å². The summed E-state index contributed by atoms with van der Waals surface area (Å²) >= 11 is 5.78. The third-order valence-corrected chi connectivity index (χ3v) is 3.53. The first-order valence-corrected chi connectivity index (χ1v) is 6.55. The monoisotopic (exact) mass is 283 g/mol. The molecule has 1 aromatic rings. The molecule has 19 heavy (non-hydrogen) atoms. The number of hydrogen-bond donors (Lipinski definition) is 0. The molecule has 1 aliphatic rings. The normalized spacial score (nSPS) is 15.4. The molecule has 102 valence electrons. The van der Waals surface area contributed by atoms with Crippen molar-refractivity contribution in [3.05, 3.63) is 33.3 Å². The van der Waals surface area contributed by atoms with Crippen molar-refractivity contribution < 1.29 is 14.5 Å². The van der Waals surface area contributed by atoms with E-state index in [1.807, 2.05) is 0 Å². The Kier molecular flexibility index (Phi) is 4.37. The summed E-state index contributed by atoms with van der Waals surface area (Å²) in [7, 11) is 0. The van der Waals surface area contributed by atoms with Gasteiger partial charge in [0.1, 0.15) is 6.61 Å². The van der Waals surface area contributed by atoms with E-state index in [1.54, 1.807) is 0 Å². The average molecular weight is 284 g/mol. The lowest BCUT2D eigenvalue weighted by Gasteiger charge is -2.10. The van der Waals surface area contributed by atoms with E-state index in [-0.39, 0.29) is 29.7 Å². The Morgan fingerprint density at radius 1 is 1.42 bits per heavy atom. The number of Topliss-reactive ketones (excluding diaryl/α,β-unsaturated/α-hetero) is 1. The van der Waals surface area contributed by atoms with E-state index in [0.29, 0.717) is 5.02 Å². The van der Waals surface area contributed by atoms with Crippen molar-refractivity contribution in [1.29, 1.82) is 0 Å². The van der Waals surface area contributed by atoms with E-state index in [2.05, 4.69) is 0 Å². The van der Waals surface area contributed by atoms with Crippen molar-refractivity contribution in [3.8, 4) is 5.75 Å². The molecule has 1 saturated carbocycles. The third kappa shape index (κ3) is 3.44. The van der Waals surface area contributed by atoms with E-state index >= 15 is 0 Å². The number of carbonyl (C=O) groups is 1. The van der Waals surface area contributed by atoms with Gasteiger partial charge in [0.15, 0.2) is 11.5 Å². The molecule has 0 aliphatic heterocycles. The second kappa shape index (κ2) is 6.02. The Morgan fingerprint density at radius 2 is 2.11 bits per heavy atom. The molecule has 6 heteroatoms. The summed E-state index contributed by atoms with van der Waals surface area (Å²) in [6.45, 7) is -0.133. The van der Waals surface area contributed by atoms with Crippen LogP contribution in [0.3, 0.4) is 0 Å². The zero-order chi connectivity index (χ0) is 13.8. The van der Waals surface area contributed by atoms with Crippen molar-refractivity contribution in [3.63, 3.8) is 0 Å². The fourth-order valence-corrected chi connectivity index (χ4v) is 2.43. The van der Waals surface area contributed by atoms with Gasteiger partial charge in [0.25, 0.3) is 0 Å². The first-order chi connectivity index (χ1) is 9.08. The third-order valence-electron chi connectivity index (χ3n) is 3.30. The van der Waals surface area contributed by atoms with Gasteiger partial charge < -0.3 is 4.74 Å². The molecule has 0 atom stereocenters. The molecule has 0 amide bonds. The number of nitro benzene ring substituents is 1. The molecule has 2 rings (SSSR count). The predicted octanol–water partition coefficient (Wildman–Crippen LogP) is 3.39. The highest BCUT2D eigenvalue weighted by Gasteiger charge is 2.24. The summed E-state index contributed by atoms with van der Waals surface area (Å²) in [5.74, 6) is 0.0915. The largest absolute Gasteiger partial charge is 0.479 e. The molecule has 0 heterocycles. The van der Waals surface area contributed by atoms with Gasteiger partial charge in [-0.1, -0.05) is 24.4 Å². The minimum absolute atomic E-state index is 0.00627. The van der Waals surface area contributed by atoms with Crippen molar-refractivity contribution in [1.82, 2.24) is 0 Å². The van der Waals surface area contributed by atoms with E-state index < -0.39 is 4.92 Å². The van der Waals surface area contributed by atoms with Crippen LogP contribution < -0.4 is 4.74 Å². The predicted molar refractivity (Wildman–Crippen MR) is 70.6 cm³/mol. The Morgan fingerprint density at radius 3 is 2.74 bits per heavy atom. The minimum Gasteiger partial charge on any atom is -0.479 e. The minimum atomic E-state index is -0.550. The second-order valence-corrected chi connectivity index (χ2v) is 5.04. The lowest BCUT2D eigenvalue weighted by molar-refractivity contribution is -0.385. The lowest BCUT2D eigenvalue weighted by atomic mass is 10.0. The molecule has 1 aliphatic carbocycles. The molecule has 0 N–H and O–H groups in total. The van der Waals surface area contributed by atoms with E-state index in [9.17, 15) is 14.9 Å². The SMILES string of the molecule is O=C(COc1cc(Cl)ccc1[N+](=O)[O-])C1CCCC1. The molecule has 0 bridgehead atoms. The quantitative estimate of drug-likeness (QED) is 0.613. The maximum atomic E-state index is 11.9. The molecular formula is C13H14ClNO4. The summed E-state index contributed by atoms with van der Waals surface area (Å²) in [4.78, 5) is 22.1. The van der Waals surface area contributed by atoms with Crippen LogP contribution >= 0.6 is 11.6 Å². The Hall–Kier alpha value is -1.62. The number of benzene rings is 1. The van der Waals surface area contributed by atoms with Gasteiger partial charge in [0.2, 0.25) is 0 Å². The van der Waals surface area contributed by atoms with Crippen LogP contribution in [0.5, 0.6) is 5.75 Å². The highest BCUT2D eigenvalue weighted by Crippen LogP contribution is 2.31. The number of ketones is 1. The molecule has 0 radical (unpaired) electrons. The summed E-state index contributed by atoms with van der Waals surface area (Å²) in [6, 6.07) is 4.06. The van der Waals surface area contributed by atoms with Crippen LogP contribution in [0.15, 0.2) is 18.2 Å². The van der Waals surface area contributed by atoms with Crippen molar-refractivity contribution in [2.75, 3.05) is 6.61 Å². The van der Waals surface area contributed by atoms with Crippen LogP contribution in [0.4, 0.5) is 5.69 Å². The molecular weight excluding hydrogens is 270 g/mol. The zero-order valence-corrected chi connectivity index (χ0v) is 11.1. The number of nitro groups is 1. The number of hydrogen-bond acceptors (Lipinski definition) is 4. The maximum absolute atomic E-state index is 11.9. The lowest BCUT2D eigenvalue weighted by Crippen LogP contribution is -2.19. The summed E-state index contributed by atoms with van der Waals surface area (Å²) in [5.41, 5.74) is -0.177. The molecule has 1 aromatic carbocycles. The molecule has 1 fully saturated rings. The summed E-state index contributed by atoms with van der Waals surface area (Å²) in [6.07, 6.45) is 3.90. The van der Waals surface area contributed by atoms with Crippen LogP contribution in [-0.2, 0) is 4.79 Å². The van der Waals surface area contributed by atoms with Gasteiger partial charge in [-0.05, 0) is 18.9 Å². The van der Waals surface area contributed by atoms with Gasteiger partial charge in [-0.2, -0.15) is 0 Å². The highest BCUT2D eigenvalue weighted by atomic mass is 35.5. The topological polar surface area (TPSA) is 69.4 Å². The van der Waals surface area contributed by atoms with Gasteiger partial charge in [0, 0.05) is 23.1 Å². The van der Waals surface area contributed by atoms with E-state index in [0.717, 1.165) is 25.7 Å². The molecule has 0 saturated heterocycles. The summed E-state index contributed by atoms with van der Waals surface area (Å²) in [5, 5.41) is 11.2. The number of nitrogens with zero attached hydrogens (tertiary/aromatic N) is 1. The maximum Gasteiger partial charge on any atom is 0.311 e. The number of carbonyl (C=O) groups excluding carboxylic acids is 1. The zero-order valence-electron chi connectivity index (χ0n) is 10.3. The standard InChI is InChI=1S/C13H14ClNO4/c14-10-5-6-11(15(17)18)13(7-10)19-8-12(16)9-3-1-2-4-9/h5-7,9H,1-4,8H2. The van der Waals surface area contributed by atoms with Gasteiger partial charge in [-0.15, -0.1) is 0 Å². The van der Waals surface area contributed by atoms with Gasteiger partial charge in [0.05, 0.1) is 4.92 Å². The van der Waals surface area contributed by atoms with Crippen LogP contribution in [0.1, 0.15) is 25.7 Å². The van der Waals surface area contributed by atoms with Crippen LogP contribution in [-0.4, -0.2) is 17.3 Å². The van der Waals surface area contributed by atoms with Crippen molar-refractivity contribution in [2.45, 2.75) is 25.7 Å².